The maximum atomic E-state index is 6.19. The van der Waals surface area contributed by atoms with Crippen molar-refractivity contribution in [1.82, 2.24) is 0 Å². The van der Waals surface area contributed by atoms with Crippen LogP contribution in [0.15, 0.2) is 48.5 Å². The smallest absolute Gasteiger partial charge is 0.257 e. The normalized spacial score (nSPS) is 11.9. The van der Waals surface area contributed by atoms with Crippen molar-refractivity contribution < 1.29 is 4.43 Å². The summed E-state index contributed by atoms with van der Waals surface area (Å²) in [6.45, 7) is 8.80. The van der Waals surface area contributed by atoms with Crippen LogP contribution in [0.3, 0.4) is 0 Å². The molecule has 0 amide bonds. The highest BCUT2D eigenvalue weighted by molar-refractivity contribution is 6.98. The fraction of sp³-hybridized carbons (Fsp3) is 0.333. The highest BCUT2D eigenvalue weighted by Gasteiger charge is 2.41. The minimum Gasteiger partial charge on any atom is -0.411 e. The molecule has 0 fully saturated rings. The Balaban J connectivity index is 2.61. The molecule has 106 valence electrons. The highest BCUT2D eigenvalue weighted by Crippen LogP contribution is 2.22. The Hall–Kier alpha value is -1.38. The van der Waals surface area contributed by atoms with Gasteiger partial charge in [0.25, 0.3) is 8.32 Å². The van der Waals surface area contributed by atoms with Gasteiger partial charge in [-0.2, -0.15) is 0 Å². The van der Waals surface area contributed by atoms with Gasteiger partial charge in [0.05, 0.1) is 0 Å². The molecule has 0 aromatic heterocycles. The van der Waals surface area contributed by atoms with Gasteiger partial charge in [0.15, 0.2) is 0 Å². The number of rotatable bonds is 4. The molecule has 0 heterocycles. The van der Waals surface area contributed by atoms with Crippen LogP contribution in [0, 0.1) is 13.8 Å². The van der Waals surface area contributed by atoms with E-state index in [0.29, 0.717) is 5.54 Å². The molecular weight excluding hydrogens is 260 g/mol. The Kier molecular flexibility index (Phi) is 4.46. The topological polar surface area (TPSA) is 9.23 Å². The van der Waals surface area contributed by atoms with Gasteiger partial charge < -0.3 is 4.43 Å². The average molecular weight is 284 g/mol. The summed E-state index contributed by atoms with van der Waals surface area (Å²) in [7, 11) is -0.278. The van der Waals surface area contributed by atoms with E-state index in [9.17, 15) is 0 Å². The second kappa shape index (κ2) is 5.94. The van der Waals surface area contributed by atoms with E-state index < -0.39 is 8.32 Å². The lowest BCUT2D eigenvalue weighted by atomic mass is 10.2. The van der Waals surface area contributed by atoms with Gasteiger partial charge >= 0.3 is 0 Å². The van der Waals surface area contributed by atoms with Crippen molar-refractivity contribution in [2.24, 2.45) is 0 Å². The van der Waals surface area contributed by atoms with Crippen LogP contribution in [0.4, 0.5) is 0 Å². The largest absolute Gasteiger partial charge is 0.411 e. The molecular formula is C18H24OSi. The minimum atomic E-state index is -2.14. The second-order valence-electron chi connectivity index (χ2n) is 5.83. The molecule has 0 atom stereocenters. The van der Waals surface area contributed by atoms with Crippen LogP contribution in [-0.4, -0.2) is 15.4 Å². The van der Waals surface area contributed by atoms with Crippen LogP contribution >= 0.6 is 0 Å². The lowest BCUT2D eigenvalue weighted by Crippen LogP contribution is -2.62. The Morgan fingerprint density at radius 3 is 1.35 bits per heavy atom. The number of hydrogen-bond donors (Lipinski definition) is 0. The number of aryl methyl sites for hydroxylation is 2. The predicted octanol–water partition coefficient (Wildman–Crippen LogP) is 3.42. The molecule has 0 N–H and O–H groups in total. The molecule has 0 aliphatic carbocycles. The summed E-state index contributed by atoms with van der Waals surface area (Å²) in [5.74, 6) is 0. The van der Waals surface area contributed by atoms with Crippen molar-refractivity contribution in [2.45, 2.75) is 33.2 Å². The van der Waals surface area contributed by atoms with Crippen molar-refractivity contribution in [3.8, 4) is 0 Å². The zero-order chi connectivity index (χ0) is 14.8. The summed E-state index contributed by atoms with van der Waals surface area (Å²) in [5, 5.41) is 2.70. The predicted molar refractivity (Wildman–Crippen MR) is 89.5 cm³/mol. The molecule has 2 heteroatoms. The van der Waals surface area contributed by atoms with Crippen LogP contribution in [0.1, 0.15) is 25.0 Å². The molecule has 2 rings (SSSR count). The van der Waals surface area contributed by atoms with Gasteiger partial charge in [0.2, 0.25) is 0 Å². The standard InChI is InChI=1S/C18H24OSi/c1-14(2)20(19-5,17-10-6-15(3)7-11-17)18-12-8-16(4)9-13-18/h6-14H,1-5H3. The summed E-state index contributed by atoms with van der Waals surface area (Å²) in [5.41, 5.74) is 3.07. The van der Waals surface area contributed by atoms with Crippen molar-refractivity contribution in [3.63, 3.8) is 0 Å². The first-order chi connectivity index (χ1) is 9.50. The van der Waals surface area contributed by atoms with Crippen LogP contribution < -0.4 is 10.4 Å². The van der Waals surface area contributed by atoms with E-state index in [1.54, 1.807) is 0 Å². The van der Waals surface area contributed by atoms with E-state index in [2.05, 4.69) is 76.2 Å². The number of hydrogen-bond acceptors (Lipinski definition) is 1. The lowest BCUT2D eigenvalue weighted by Gasteiger charge is -2.34. The van der Waals surface area contributed by atoms with Crippen LogP contribution in [0.5, 0.6) is 0 Å². The maximum Gasteiger partial charge on any atom is 0.257 e. The van der Waals surface area contributed by atoms with Crippen molar-refractivity contribution in [1.29, 1.82) is 0 Å². The SMILES string of the molecule is CO[Si](c1ccc(C)cc1)(c1ccc(C)cc1)C(C)C. The van der Waals surface area contributed by atoms with Crippen LogP contribution in [0.2, 0.25) is 5.54 Å². The van der Waals surface area contributed by atoms with E-state index in [4.69, 9.17) is 4.43 Å². The molecule has 20 heavy (non-hydrogen) atoms. The fourth-order valence-electron chi connectivity index (χ4n) is 2.91. The first kappa shape index (κ1) is 15.0. The maximum absolute atomic E-state index is 6.19. The van der Waals surface area contributed by atoms with Crippen LogP contribution in [0.25, 0.3) is 0 Å². The van der Waals surface area contributed by atoms with Crippen molar-refractivity contribution >= 4 is 18.7 Å². The first-order valence-electron chi connectivity index (χ1n) is 7.20. The Morgan fingerprint density at radius 2 is 1.10 bits per heavy atom. The van der Waals surface area contributed by atoms with Gasteiger partial charge in [-0.15, -0.1) is 0 Å². The number of benzene rings is 2. The van der Waals surface area contributed by atoms with E-state index in [1.165, 1.54) is 21.5 Å². The van der Waals surface area contributed by atoms with Gasteiger partial charge in [0, 0.05) is 7.11 Å². The summed E-state index contributed by atoms with van der Waals surface area (Å²) < 4.78 is 6.19. The zero-order valence-corrected chi connectivity index (χ0v) is 14.1. The zero-order valence-electron chi connectivity index (χ0n) is 13.1. The molecule has 0 aliphatic rings. The molecule has 0 aliphatic heterocycles. The summed E-state index contributed by atoms with van der Waals surface area (Å²) in [4.78, 5) is 0. The third-order valence-electron chi connectivity index (χ3n) is 4.10. The first-order valence-corrected chi connectivity index (χ1v) is 9.18. The molecule has 0 unspecified atom stereocenters. The molecule has 1 nitrogen and oxygen atoms in total. The Labute approximate surface area is 123 Å². The monoisotopic (exact) mass is 284 g/mol. The summed E-state index contributed by atoms with van der Waals surface area (Å²) in [6, 6.07) is 17.7. The molecule has 2 aromatic carbocycles. The Bertz CT molecular complexity index is 509. The van der Waals surface area contributed by atoms with Gasteiger partial charge in [-0.3, -0.25) is 0 Å². The summed E-state index contributed by atoms with van der Waals surface area (Å²) in [6.07, 6.45) is 0. The fourth-order valence-corrected chi connectivity index (χ4v) is 6.84. The molecule has 0 saturated carbocycles. The average Bonchev–Trinajstić information content (AvgIpc) is 2.43. The van der Waals surface area contributed by atoms with Gasteiger partial charge in [-0.1, -0.05) is 73.5 Å². The molecule has 0 saturated heterocycles. The van der Waals surface area contributed by atoms with E-state index >= 15 is 0 Å². The van der Waals surface area contributed by atoms with Crippen molar-refractivity contribution in [2.75, 3.05) is 7.11 Å². The van der Waals surface area contributed by atoms with Crippen molar-refractivity contribution in [3.05, 3.63) is 59.7 Å². The lowest BCUT2D eigenvalue weighted by molar-refractivity contribution is 0.407. The van der Waals surface area contributed by atoms with Gasteiger partial charge in [-0.05, 0) is 29.8 Å². The molecule has 2 aromatic rings. The summed E-state index contributed by atoms with van der Waals surface area (Å²) >= 11 is 0. The molecule has 0 bridgehead atoms. The van der Waals surface area contributed by atoms with E-state index in [0.717, 1.165) is 0 Å². The van der Waals surface area contributed by atoms with Gasteiger partial charge in [0.1, 0.15) is 0 Å². The highest BCUT2D eigenvalue weighted by atomic mass is 28.4. The minimum absolute atomic E-state index is 0.484. The van der Waals surface area contributed by atoms with Crippen LogP contribution in [-0.2, 0) is 4.43 Å². The van der Waals surface area contributed by atoms with E-state index in [-0.39, 0.29) is 0 Å². The third kappa shape index (κ3) is 2.58. The molecule has 0 spiro atoms. The van der Waals surface area contributed by atoms with E-state index in [1.807, 2.05) is 7.11 Å². The third-order valence-corrected chi connectivity index (χ3v) is 8.75. The Morgan fingerprint density at radius 1 is 0.750 bits per heavy atom. The van der Waals surface area contributed by atoms with Gasteiger partial charge in [-0.25, -0.2) is 0 Å². The quantitative estimate of drug-likeness (QED) is 0.782. The molecule has 0 radical (unpaired) electrons. The second-order valence-corrected chi connectivity index (χ2v) is 10.0.